The number of ether oxygens (including phenoxy) is 1. The van der Waals surface area contributed by atoms with Crippen molar-refractivity contribution in [1.29, 1.82) is 0 Å². The average Bonchev–Trinajstić information content (AvgIpc) is 3.11. The van der Waals surface area contributed by atoms with Gasteiger partial charge in [0.25, 0.3) is 0 Å². The highest BCUT2D eigenvalue weighted by Gasteiger charge is 2.39. The molecule has 174 valence electrons. The first-order valence-electron chi connectivity index (χ1n) is 11.5. The number of alkyl carbamates (subject to hydrolysis) is 1. The summed E-state index contributed by atoms with van der Waals surface area (Å²) >= 11 is 0. The van der Waals surface area contributed by atoms with E-state index >= 15 is 0 Å². The summed E-state index contributed by atoms with van der Waals surface area (Å²) < 4.78 is 5.60. The van der Waals surface area contributed by atoms with Crippen LogP contribution in [0.25, 0.3) is 11.1 Å². The third-order valence-electron chi connectivity index (χ3n) is 6.93. The number of amides is 2. The molecule has 3 N–H and O–H groups in total. The van der Waals surface area contributed by atoms with Gasteiger partial charge in [-0.3, -0.25) is 9.59 Å². The van der Waals surface area contributed by atoms with Gasteiger partial charge in [-0.05, 0) is 40.5 Å². The molecule has 0 heterocycles. The number of carbonyl (C=O) groups is 3. The quantitative estimate of drug-likeness (QED) is 0.537. The fraction of sp³-hybridized carbons (Fsp3) is 0.423. The van der Waals surface area contributed by atoms with Crippen LogP contribution in [0.5, 0.6) is 0 Å². The van der Waals surface area contributed by atoms with Gasteiger partial charge in [0, 0.05) is 25.4 Å². The Labute approximate surface area is 193 Å². The van der Waals surface area contributed by atoms with Crippen molar-refractivity contribution in [3.8, 4) is 11.1 Å². The molecular weight excluding hydrogens is 420 g/mol. The van der Waals surface area contributed by atoms with Crippen LogP contribution in [-0.2, 0) is 14.3 Å². The molecule has 4 rings (SSSR count). The SMILES string of the molecule is CC(CNC(=O)CC1(CNC(=O)OCC2c3ccccc3-c3ccccc32)CCC1)C(=O)O. The number of fused-ring (bicyclic) bond motifs is 3. The summed E-state index contributed by atoms with van der Waals surface area (Å²) in [4.78, 5) is 35.7. The maximum absolute atomic E-state index is 12.5. The third-order valence-corrected chi connectivity index (χ3v) is 6.93. The van der Waals surface area contributed by atoms with Gasteiger partial charge in [-0.1, -0.05) is 61.9 Å². The molecule has 0 aromatic heterocycles. The second kappa shape index (κ2) is 9.65. The Balaban J connectivity index is 1.29. The number of carbonyl (C=O) groups excluding carboxylic acids is 2. The van der Waals surface area contributed by atoms with E-state index in [-0.39, 0.29) is 36.8 Å². The molecule has 0 aliphatic heterocycles. The van der Waals surface area contributed by atoms with Gasteiger partial charge in [0.1, 0.15) is 6.61 Å². The monoisotopic (exact) mass is 450 g/mol. The molecule has 1 atom stereocenters. The van der Waals surface area contributed by atoms with Crippen molar-refractivity contribution in [2.45, 2.75) is 38.5 Å². The number of rotatable bonds is 9. The average molecular weight is 451 g/mol. The maximum Gasteiger partial charge on any atom is 0.407 e. The molecular formula is C26H30N2O5. The van der Waals surface area contributed by atoms with E-state index in [4.69, 9.17) is 9.84 Å². The number of aliphatic carboxylic acids is 1. The van der Waals surface area contributed by atoms with E-state index in [1.165, 1.54) is 11.1 Å². The Morgan fingerprint density at radius 3 is 2.18 bits per heavy atom. The molecule has 2 aliphatic carbocycles. The molecule has 0 radical (unpaired) electrons. The summed E-state index contributed by atoms with van der Waals surface area (Å²) in [7, 11) is 0. The minimum absolute atomic E-state index is 0.00261. The molecule has 2 aliphatic rings. The van der Waals surface area contributed by atoms with E-state index in [1.807, 2.05) is 24.3 Å². The van der Waals surface area contributed by atoms with E-state index in [2.05, 4.69) is 34.9 Å². The van der Waals surface area contributed by atoms with Crippen molar-refractivity contribution in [3.63, 3.8) is 0 Å². The minimum Gasteiger partial charge on any atom is -0.481 e. The zero-order valence-electron chi connectivity index (χ0n) is 18.8. The first-order valence-corrected chi connectivity index (χ1v) is 11.5. The predicted octanol–water partition coefficient (Wildman–Crippen LogP) is 3.92. The summed E-state index contributed by atoms with van der Waals surface area (Å²) in [6, 6.07) is 16.4. The Bertz CT molecular complexity index is 1000. The van der Waals surface area contributed by atoms with Gasteiger partial charge in [0.05, 0.1) is 5.92 Å². The summed E-state index contributed by atoms with van der Waals surface area (Å²) in [5.74, 6) is -1.75. The zero-order valence-corrected chi connectivity index (χ0v) is 18.8. The lowest BCUT2D eigenvalue weighted by molar-refractivity contribution is -0.141. The number of hydrogen-bond donors (Lipinski definition) is 3. The van der Waals surface area contributed by atoms with Crippen LogP contribution in [0.2, 0.25) is 0 Å². The molecule has 2 aromatic carbocycles. The Morgan fingerprint density at radius 1 is 1.03 bits per heavy atom. The zero-order chi connectivity index (χ0) is 23.4. The van der Waals surface area contributed by atoms with Crippen LogP contribution in [-0.4, -0.2) is 42.8 Å². The minimum atomic E-state index is -0.939. The second-order valence-corrected chi connectivity index (χ2v) is 9.25. The molecule has 1 saturated carbocycles. The van der Waals surface area contributed by atoms with Gasteiger partial charge in [0.2, 0.25) is 5.91 Å². The van der Waals surface area contributed by atoms with E-state index in [9.17, 15) is 14.4 Å². The van der Waals surface area contributed by atoms with Crippen LogP contribution in [0.3, 0.4) is 0 Å². The molecule has 2 amide bonds. The normalized spacial score (nSPS) is 16.6. The summed E-state index contributed by atoms with van der Waals surface area (Å²) in [5.41, 5.74) is 4.39. The second-order valence-electron chi connectivity index (χ2n) is 9.25. The van der Waals surface area contributed by atoms with Crippen molar-refractivity contribution in [2.75, 3.05) is 19.7 Å². The first-order chi connectivity index (χ1) is 15.9. The highest BCUT2D eigenvalue weighted by Crippen LogP contribution is 2.45. The van der Waals surface area contributed by atoms with Crippen LogP contribution in [0.15, 0.2) is 48.5 Å². The third kappa shape index (κ3) is 5.02. The van der Waals surface area contributed by atoms with Gasteiger partial charge in [0.15, 0.2) is 0 Å². The Kier molecular flexibility index (Phi) is 6.67. The Morgan fingerprint density at radius 2 is 1.64 bits per heavy atom. The van der Waals surface area contributed by atoms with Crippen LogP contribution in [0.1, 0.15) is 49.7 Å². The van der Waals surface area contributed by atoms with Crippen LogP contribution in [0.4, 0.5) is 4.79 Å². The fourth-order valence-electron chi connectivity index (χ4n) is 4.76. The molecule has 1 unspecified atom stereocenters. The first kappa shape index (κ1) is 22.8. The molecule has 7 nitrogen and oxygen atoms in total. The van der Waals surface area contributed by atoms with Gasteiger partial charge < -0.3 is 20.5 Å². The summed E-state index contributed by atoms with van der Waals surface area (Å²) in [5, 5.41) is 14.5. The molecule has 2 aromatic rings. The number of benzene rings is 2. The fourth-order valence-corrected chi connectivity index (χ4v) is 4.76. The van der Waals surface area contributed by atoms with E-state index in [0.29, 0.717) is 6.54 Å². The number of nitrogens with one attached hydrogen (secondary N) is 2. The highest BCUT2D eigenvalue weighted by atomic mass is 16.5. The van der Waals surface area contributed by atoms with E-state index in [1.54, 1.807) is 6.92 Å². The largest absolute Gasteiger partial charge is 0.481 e. The topological polar surface area (TPSA) is 105 Å². The van der Waals surface area contributed by atoms with Crippen molar-refractivity contribution in [2.24, 2.45) is 11.3 Å². The van der Waals surface area contributed by atoms with Crippen molar-refractivity contribution in [3.05, 3.63) is 59.7 Å². The smallest absolute Gasteiger partial charge is 0.407 e. The predicted molar refractivity (Wildman–Crippen MR) is 124 cm³/mol. The summed E-state index contributed by atoms with van der Waals surface area (Å²) in [6.45, 7) is 2.27. The van der Waals surface area contributed by atoms with Crippen molar-refractivity contribution < 1.29 is 24.2 Å². The van der Waals surface area contributed by atoms with E-state index < -0.39 is 18.0 Å². The molecule has 33 heavy (non-hydrogen) atoms. The molecule has 7 heteroatoms. The molecule has 0 bridgehead atoms. The molecule has 0 spiro atoms. The van der Waals surface area contributed by atoms with Gasteiger partial charge in [-0.25, -0.2) is 4.79 Å². The lowest BCUT2D eigenvalue weighted by atomic mass is 9.66. The lowest BCUT2D eigenvalue weighted by Crippen LogP contribution is -2.46. The number of carboxylic acid groups (broad SMARTS) is 1. The van der Waals surface area contributed by atoms with Gasteiger partial charge in [-0.2, -0.15) is 0 Å². The van der Waals surface area contributed by atoms with Crippen LogP contribution >= 0.6 is 0 Å². The Hall–Kier alpha value is -3.35. The van der Waals surface area contributed by atoms with Crippen molar-refractivity contribution in [1.82, 2.24) is 10.6 Å². The highest BCUT2D eigenvalue weighted by molar-refractivity contribution is 5.79. The van der Waals surface area contributed by atoms with Crippen LogP contribution in [0, 0.1) is 11.3 Å². The standard InChI is InChI=1S/C26H30N2O5/c1-17(24(30)31)14-27-23(29)13-26(11-6-12-26)16-28-25(32)33-15-22-20-9-4-2-7-18(20)19-8-3-5-10-21(19)22/h2-5,7-10,17,22H,6,11-16H2,1H3,(H,27,29)(H,28,32)(H,30,31). The summed E-state index contributed by atoms with van der Waals surface area (Å²) in [6.07, 6.45) is 2.48. The molecule has 0 saturated heterocycles. The van der Waals surface area contributed by atoms with Crippen LogP contribution < -0.4 is 10.6 Å². The van der Waals surface area contributed by atoms with Gasteiger partial charge >= 0.3 is 12.1 Å². The lowest BCUT2D eigenvalue weighted by Gasteiger charge is -2.41. The van der Waals surface area contributed by atoms with E-state index in [0.717, 1.165) is 30.4 Å². The van der Waals surface area contributed by atoms with Crippen molar-refractivity contribution >= 4 is 18.0 Å². The molecule has 1 fully saturated rings. The number of carboxylic acids is 1. The number of hydrogen-bond acceptors (Lipinski definition) is 4. The maximum atomic E-state index is 12.5. The van der Waals surface area contributed by atoms with Gasteiger partial charge in [-0.15, -0.1) is 0 Å².